The van der Waals surface area contributed by atoms with E-state index in [9.17, 15) is 0 Å². The lowest BCUT2D eigenvalue weighted by molar-refractivity contribution is 0.0782. The minimum atomic E-state index is 0.254. The summed E-state index contributed by atoms with van der Waals surface area (Å²) >= 11 is 2.04. The molecule has 0 aliphatic carbocycles. The van der Waals surface area contributed by atoms with Crippen LogP contribution in [0, 0.1) is 6.92 Å². The second-order valence-corrected chi connectivity index (χ2v) is 8.38. The Morgan fingerprint density at radius 1 is 1.31 bits per heavy atom. The molecule has 2 N–H and O–H groups in total. The summed E-state index contributed by atoms with van der Waals surface area (Å²) in [6.45, 7) is 7.78. The second kappa shape index (κ2) is 10.7. The number of hydrogen-bond donors (Lipinski definition) is 2. The van der Waals surface area contributed by atoms with Gasteiger partial charge in [-0.25, -0.2) is 0 Å². The maximum atomic E-state index is 5.55. The number of methoxy groups -OCH3 is 1. The van der Waals surface area contributed by atoms with E-state index >= 15 is 0 Å². The highest BCUT2D eigenvalue weighted by Crippen LogP contribution is 2.34. The first kappa shape index (κ1) is 20.9. The molecule has 0 spiro atoms. The maximum absolute atomic E-state index is 5.55. The van der Waals surface area contributed by atoms with Gasteiger partial charge in [-0.15, -0.1) is 0 Å². The lowest BCUT2D eigenvalue weighted by atomic mass is 9.99. The van der Waals surface area contributed by atoms with Gasteiger partial charge < -0.3 is 20.1 Å². The van der Waals surface area contributed by atoms with Crippen molar-refractivity contribution in [1.29, 1.82) is 0 Å². The summed E-state index contributed by atoms with van der Waals surface area (Å²) in [5, 5.41) is 6.95. The lowest BCUT2D eigenvalue weighted by Crippen LogP contribution is -2.48. The van der Waals surface area contributed by atoms with Gasteiger partial charge in [0.1, 0.15) is 5.75 Å². The molecule has 1 fully saturated rings. The normalized spacial score (nSPS) is 17.0. The predicted octanol–water partition coefficient (Wildman–Crippen LogP) is 3.01. The molecule has 1 aromatic rings. The molecule has 26 heavy (non-hydrogen) atoms. The third kappa shape index (κ3) is 6.09. The molecule has 5 nitrogen and oxygen atoms in total. The molecule has 1 aliphatic heterocycles. The van der Waals surface area contributed by atoms with E-state index in [1.165, 1.54) is 11.1 Å². The van der Waals surface area contributed by atoms with Crippen LogP contribution in [0.4, 0.5) is 0 Å². The van der Waals surface area contributed by atoms with Crippen molar-refractivity contribution in [3.63, 3.8) is 0 Å². The predicted molar refractivity (Wildman–Crippen MR) is 112 cm³/mol. The van der Waals surface area contributed by atoms with Gasteiger partial charge >= 0.3 is 0 Å². The first-order valence-corrected chi connectivity index (χ1v) is 10.4. The standard InChI is InChI=1S/C20H33N3O2S/c1-5-26-20(9-12-25-13-10-20)15-23-19(21-3)22-11-8-17-14-16(2)6-7-18(17)24-4/h6-7,14H,5,8-13,15H2,1-4H3,(H2,21,22,23). The van der Waals surface area contributed by atoms with E-state index in [0.717, 1.165) is 63.0 Å². The van der Waals surface area contributed by atoms with Gasteiger partial charge in [-0.05, 0) is 43.6 Å². The van der Waals surface area contributed by atoms with E-state index in [1.54, 1.807) is 7.11 Å². The summed E-state index contributed by atoms with van der Waals surface area (Å²) in [5.41, 5.74) is 2.47. The highest BCUT2D eigenvalue weighted by Gasteiger charge is 2.32. The minimum absolute atomic E-state index is 0.254. The molecule has 0 unspecified atom stereocenters. The quantitative estimate of drug-likeness (QED) is 0.537. The highest BCUT2D eigenvalue weighted by atomic mass is 32.2. The number of rotatable bonds is 8. The molecule has 0 bridgehead atoms. The van der Waals surface area contributed by atoms with Gasteiger partial charge in [-0.1, -0.05) is 24.6 Å². The summed E-state index contributed by atoms with van der Waals surface area (Å²) < 4.78 is 11.3. The smallest absolute Gasteiger partial charge is 0.191 e. The SMILES string of the molecule is CCSC1(CNC(=NC)NCCc2cc(C)ccc2OC)CCOCC1. The van der Waals surface area contributed by atoms with Crippen molar-refractivity contribution >= 4 is 17.7 Å². The Kier molecular flexibility index (Phi) is 8.59. The molecule has 0 atom stereocenters. The Morgan fingerprint density at radius 2 is 2.08 bits per heavy atom. The van der Waals surface area contributed by atoms with Gasteiger partial charge in [-0.2, -0.15) is 11.8 Å². The van der Waals surface area contributed by atoms with Gasteiger partial charge in [-0.3, -0.25) is 4.99 Å². The van der Waals surface area contributed by atoms with Gasteiger partial charge in [0.15, 0.2) is 5.96 Å². The first-order valence-electron chi connectivity index (χ1n) is 9.42. The average molecular weight is 380 g/mol. The molecule has 0 radical (unpaired) electrons. The van der Waals surface area contributed by atoms with Gasteiger partial charge in [0.2, 0.25) is 0 Å². The van der Waals surface area contributed by atoms with Crippen LogP contribution in [0.1, 0.15) is 30.9 Å². The maximum Gasteiger partial charge on any atom is 0.191 e. The number of thioether (sulfide) groups is 1. The van der Waals surface area contributed by atoms with E-state index in [2.05, 4.69) is 41.6 Å². The number of nitrogens with one attached hydrogen (secondary N) is 2. The number of aryl methyl sites for hydroxylation is 1. The molecule has 0 saturated carbocycles. The fourth-order valence-electron chi connectivity index (χ4n) is 3.31. The average Bonchev–Trinajstić information content (AvgIpc) is 2.65. The molecular formula is C20H33N3O2S. The monoisotopic (exact) mass is 379 g/mol. The zero-order chi connectivity index (χ0) is 18.8. The van der Waals surface area contributed by atoms with Crippen LogP contribution in [0.2, 0.25) is 0 Å². The zero-order valence-corrected chi connectivity index (χ0v) is 17.4. The number of guanidine groups is 1. The Bertz CT molecular complexity index is 581. The van der Waals surface area contributed by atoms with Crippen LogP contribution in [0.3, 0.4) is 0 Å². The van der Waals surface area contributed by atoms with Crippen molar-refractivity contribution < 1.29 is 9.47 Å². The van der Waals surface area contributed by atoms with Gasteiger partial charge in [0.25, 0.3) is 0 Å². The number of aliphatic imine (C=N–C) groups is 1. The molecule has 2 rings (SSSR count). The minimum Gasteiger partial charge on any atom is -0.496 e. The van der Waals surface area contributed by atoms with E-state index in [0.29, 0.717) is 0 Å². The molecule has 6 heteroatoms. The van der Waals surface area contributed by atoms with E-state index in [-0.39, 0.29) is 4.75 Å². The van der Waals surface area contributed by atoms with Crippen molar-refractivity contribution in [3.8, 4) is 5.75 Å². The fourth-order valence-corrected chi connectivity index (χ4v) is 4.55. The molecule has 1 aliphatic rings. The van der Waals surface area contributed by atoms with E-state index in [1.807, 2.05) is 24.9 Å². The highest BCUT2D eigenvalue weighted by molar-refractivity contribution is 8.00. The number of ether oxygens (including phenoxy) is 2. The lowest BCUT2D eigenvalue weighted by Gasteiger charge is -2.37. The van der Waals surface area contributed by atoms with Gasteiger partial charge in [0.05, 0.1) is 7.11 Å². The van der Waals surface area contributed by atoms with Crippen LogP contribution < -0.4 is 15.4 Å². The first-order chi connectivity index (χ1) is 12.6. The van der Waals surface area contributed by atoms with Crippen LogP contribution >= 0.6 is 11.8 Å². The zero-order valence-electron chi connectivity index (χ0n) is 16.6. The summed E-state index contributed by atoms with van der Waals surface area (Å²) in [7, 11) is 3.55. The van der Waals surface area contributed by atoms with E-state index in [4.69, 9.17) is 9.47 Å². The van der Waals surface area contributed by atoms with Crippen molar-refractivity contribution in [2.24, 2.45) is 4.99 Å². The third-order valence-corrected chi connectivity index (χ3v) is 6.23. The van der Waals surface area contributed by atoms with Crippen LogP contribution in [0.25, 0.3) is 0 Å². The van der Waals surface area contributed by atoms with Crippen molar-refractivity contribution in [2.75, 3.05) is 46.2 Å². The summed E-state index contributed by atoms with van der Waals surface area (Å²) in [5.74, 6) is 2.93. The molecule has 1 heterocycles. The van der Waals surface area contributed by atoms with Gasteiger partial charge in [0, 0.05) is 38.1 Å². The summed E-state index contributed by atoms with van der Waals surface area (Å²) in [6.07, 6.45) is 3.08. The molecule has 0 amide bonds. The van der Waals surface area contributed by atoms with Crippen molar-refractivity contribution in [2.45, 2.75) is 37.9 Å². The Labute approximate surface area is 162 Å². The van der Waals surface area contributed by atoms with E-state index < -0.39 is 0 Å². The Balaban J connectivity index is 1.85. The molecule has 0 aromatic heterocycles. The van der Waals surface area contributed by atoms with Crippen LogP contribution in [0.15, 0.2) is 23.2 Å². The molecular weight excluding hydrogens is 346 g/mol. The number of benzene rings is 1. The fraction of sp³-hybridized carbons (Fsp3) is 0.650. The number of nitrogens with zero attached hydrogens (tertiary/aromatic N) is 1. The number of hydrogen-bond acceptors (Lipinski definition) is 4. The topological polar surface area (TPSA) is 54.9 Å². The largest absolute Gasteiger partial charge is 0.496 e. The Hall–Kier alpha value is -1.40. The van der Waals surface area contributed by atoms with Crippen molar-refractivity contribution in [3.05, 3.63) is 29.3 Å². The second-order valence-electron chi connectivity index (χ2n) is 6.65. The molecule has 1 aromatic carbocycles. The summed E-state index contributed by atoms with van der Waals surface area (Å²) in [4.78, 5) is 4.38. The van der Waals surface area contributed by atoms with Crippen LogP contribution in [0.5, 0.6) is 5.75 Å². The molecule has 1 saturated heterocycles. The van der Waals surface area contributed by atoms with Crippen LogP contribution in [-0.4, -0.2) is 56.9 Å². The van der Waals surface area contributed by atoms with Crippen molar-refractivity contribution in [1.82, 2.24) is 10.6 Å². The molecule has 146 valence electrons. The summed E-state index contributed by atoms with van der Waals surface area (Å²) in [6, 6.07) is 6.30. The van der Waals surface area contributed by atoms with Crippen LogP contribution in [-0.2, 0) is 11.2 Å². The third-order valence-electron chi connectivity index (χ3n) is 4.78. The Morgan fingerprint density at radius 3 is 2.73 bits per heavy atom.